The Morgan fingerprint density at radius 2 is 1.68 bits per heavy atom. The van der Waals surface area contributed by atoms with Gasteiger partial charge in [-0.3, -0.25) is 0 Å². The van der Waals surface area contributed by atoms with E-state index in [-0.39, 0.29) is 17.8 Å². The number of nitrogens with one attached hydrogen (secondary N) is 1. The van der Waals surface area contributed by atoms with Crippen molar-refractivity contribution in [1.82, 2.24) is 14.8 Å². The molecular weight excluding hydrogens is 504 g/mol. The van der Waals surface area contributed by atoms with E-state index >= 15 is 0 Å². The summed E-state index contributed by atoms with van der Waals surface area (Å²) in [5, 5.41) is 6.56. The molecule has 1 fully saturated rings. The van der Waals surface area contributed by atoms with Crippen molar-refractivity contribution in [3.8, 4) is 5.69 Å². The van der Waals surface area contributed by atoms with Crippen LogP contribution in [0.15, 0.2) is 73.1 Å². The maximum absolute atomic E-state index is 14.3. The number of fused-ring (bicyclic) bond motifs is 2. The van der Waals surface area contributed by atoms with Crippen LogP contribution in [-0.2, 0) is 34.6 Å². The number of pyridine rings is 1. The SMILES string of the molecule is FC(F)(F)c1ccn(-c2ccc(C3(N4Cc5cccnc5Nc5ccccc54)OO3)c(C(F)(F)F)c2)n1. The van der Waals surface area contributed by atoms with Crippen molar-refractivity contribution in [3.05, 3.63) is 95.4 Å². The smallest absolute Gasteiger partial charge is 0.338 e. The van der Waals surface area contributed by atoms with Crippen LogP contribution >= 0.6 is 0 Å². The number of nitrogens with zero attached hydrogens (tertiary/aromatic N) is 4. The van der Waals surface area contributed by atoms with Crippen LogP contribution in [-0.4, -0.2) is 14.8 Å². The lowest BCUT2D eigenvalue weighted by Crippen LogP contribution is -2.37. The van der Waals surface area contributed by atoms with E-state index in [0.717, 1.165) is 16.9 Å². The average molecular weight is 519 g/mol. The highest BCUT2D eigenvalue weighted by Crippen LogP contribution is 2.53. The van der Waals surface area contributed by atoms with Crippen molar-refractivity contribution in [1.29, 1.82) is 0 Å². The summed E-state index contributed by atoms with van der Waals surface area (Å²) in [6.07, 6.45) is -7.10. The van der Waals surface area contributed by atoms with Crippen LogP contribution in [0.5, 0.6) is 0 Å². The second-order valence-corrected chi connectivity index (χ2v) is 8.36. The quantitative estimate of drug-likeness (QED) is 0.199. The van der Waals surface area contributed by atoms with Crippen molar-refractivity contribution in [2.75, 3.05) is 10.2 Å². The fraction of sp³-hybridized carbons (Fsp3) is 0.167. The van der Waals surface area contributed by atoms with E-state index in [1.807, 2.05) is 0 Å². The summed E-state index contributed by atoms with van der Waals surface area (Å²) in [5.74, 6) is -1.42. The maximum Gasteiger partial charge on any atom is 0.435 e. The summed E-state index contributed by atoms with van der Waals surface area (Å²) in [7, 11) is 0. The second-order valence-electron chi connectivity index (χ2n) is 8.36. The van der Waals surface area contributed by atoms with Crippen LogP contribution < -0.4 is 10.2 Å². The first-order chi connectivity index (χ1) is 17.6. The molecule has 4 heterocycles. The number of hydrogen-bond donors (Lipinski definition) is 1. The Morgan fingerprint density at radius 3 is 2.38 bits per heavy atom. The normalized spacial score (nSPS) is 16.4. The standard InChI is InChI=1S/C24H15F6N5O2/c25-22(26,27)17-12-15(35-11-9-20(33-35)23(28,29)30)7-8-16(17)24(36-37-24)34-13-14-4-3-10-31-21(14)32-18-5-1-2-6-19(18)34/h1-12H,13H2,(H,31,32). The number of rotatable bonds is 3. The van der Waals surface area contributed by atoms with Crippen molar-refractivity contribution in [3.63, 3.8) is 0 Å². The van der Waals surface area contributed by atoms with Gasteiger partial charge in [-0.1, -0.05) is 18.2 Å². The van der Waals surface area contributed by atoms with E-state index < -0.39 is 29.5 Å². The number of benzene rings is 2. The Kier molecular flexibility index (Phi) is 5.01. The first-order valence-corrected chi connectivity index (χ1v) is 10.9. The van der Waals surface area contributed by atoms with Crippen LogP contribution in [0.1, 0.15) is 22.4 Å². The predicted octanol–water partition coefficient (Wildman–Crippen LogP) is 6.14. The fourth-order valence-corrected chi connectivity index (χ4v) is 4.31. The number of para-hydroxylation sites is 2. The van der Waals surface area contributed by atoms with Gasteiger partial charge in [0.25, 0.3) is 0 Å². The fourth-order valence-electron chi connectivity index (χ4n) is 4.31. The molecule has 1 N–H and O–H groups in total. The number of anilines is 3. The lowest BCUT2D eigenvalue weighted by Gasteiger charge is -2.29. The maximum atomic E-state index is 14.3. The van der Waals surface area contributed by atoms with Gasteiger partial charge in [-0.15, -0.1) is 0 Å². The molecule has 0 saturated carbocycles. The molecule has 37 heavy (non-hydrogen) atoms. The van der Waals surface area contributed by atoms with Crippen LogP contribution in [0.2, 0.25) is 0 Å². The molecule has 6 rings (SSSR count). The summed E-state index contributed by atoms with van der Waals surface area (Å²) >= 11 is 0. The Hall–Kier alpha value is -4.10. The molecule has 0 atom stereocenters. The first-order valence-electron chi connectivity index (χ1n) is 10.9. The number of halogens is 6. The van der Waals surface area contributed by atoms with Gasteiger partial charge in [-0.2, -0.15) is 41.2 Å². The van der Waals surface area contributed by atoms with Gasteiger partial charge < -0.3 is 10.2 Å². The third-order valence-corrected chi connectivity index (χ3v) is 6.06. The highest BCUT2D eigenvalue weighted by molar-refractivity contribution is 5.78. The monoisotopic (exact) mass is 519 g/mol. The molecular formula is C24H15F6N5O2. The summed E-state index contributed by atoms with van der Waals surface area (Å²) < 4.78 is 82.6. The summed E-state index contributed by atoms with van der Waals surface area (Å²) in [6, 6.07) is 14.1. The third-order valence-electron chi connectivity index (χ3n) is 6.06. The zero-order chi connectivity index (χ0) is 26.0. The van der Waals surface area contributed by atoms with Crippen molar-refractivity contribution in [2.45, 2.75) is 24.8 Å². The van der Waals surface area contributed by atoms with Gasteiger partial charge in [0, 0.05) is 18.0 Å². The minimum atomic E-state index is -4.89. The van der Waals surface area contributed by atoms with Gasteiger partial charge in [0.15, 0.2) is 5.69 Å². The minimum Gasteiger partial charge on any atom is -0.338 e. The summed E-state index contributed by atoms with van der Waals surface area (Å²) in [6.45, 7) is 0.0837. The van der Waals surface area contributed by atoms with Crippen molar-refractivity contribution >= 4 is 17.2 Å². The van der Waals surface area contributed by atoms with Gasteiger partial charge in [-0.05, 0) is 42.5 Å². The van der Waals surface area contributed by atoms with Crippen molar-refractivity contribution in [2.24, 2.45) is 0 Å². The topological polar surface area (TPSA) is 71.0 Å². The molecule has 0 radical (unpaired) electrons. The lowest BCUT2D eigenvalue weighted by atomic mass is 10.0. The van der Waals surface area contributed by atoms with Gasteiger partial charge >= 0.3 is 18.3 Å². The van der Waals surface area contributed by atoms with Gasteiger partial charge in [0.1, 0.15) is 5.82 Å². The molecule has 0 amide bonds. The van der Waals surface area contributed by atoms with E-state index in [0.29, 0.717) is 34.9 Å². The second kappa shape index (κ2) is 7.95. The highest BCUT2D eigenvalue weighted by atomic mass is 19.4. The van der Waals surface area contributed by atoms with E-state index in [4.69, 9.17) is 9.78 Å². The van der Waals surface area contributed by atoms with Gasteiger partial charge in [-0.25, -0.2) is 9.67 Å². The zero-order valence-electron chi connectivity index (χ0n) is 18.5. The predicted molar refractivity (Wildman–Crippen MR) is 118 cm³/mol. The van der Waals surface area contributed by atoms with Gasteiger partial charge in [0.05, 0.1) is 34.7 Å². The average Bonchev–Trinajstić information content (AvgIpc) is 3.53. The molecule has 7 nitrogen and oxygen atoms in total. The molecule has 2 aromatic heterocycles. The van der Waals surface area contributed by atoms with E-state index in [1.165, 1.54) is 11.0 Å². The largest absolute Gasteiger partial charge is 0.435 e. The molecule has 0 bridgehead atoms. The van der Waals surface area contributed by atoms with Crippen LogP contribution in [0.4, 0.5) is 43.5 Å². The van der Waals surface area contributed by atoms with E-state index in [9.17, 15) is 26.3 Å². The Labute approximate surface area is 204 Å². The molecule has 2 aromatic carbocycles. The molecule has 2 aliphatic heterocycles. The number of hydrogen-bond acceptors (Lipinski definition) is 6. The number of alkyl halides is 6. The summed E-state index contributed by atoms with van der Waals surface area (Å²) in [5.41, 5.74) is -1.21. The van der Waals surface area contributed by atoms with Crippen LogP contribution in [0.25, 0.3) is 5.69 Å². The molecule has 0 spiro atoms. The van der Waals surface area contributed by atoms with E-state index in [1.54, 1.807) is 42.6 Å². The Bertz CT molecular complexity index is 1500. The highest BCUT2D eigenvalue weighted by Gasteiger charge is 2.60. The molecule has 4 aromatic rings. The molecule has 1 saturated heterocycles. The third kappa shape index (κ3) is 3.96. The summed E-state index contributed by atoms with van der Waals surface area (Å²) in [4.78, 5) is 16.4. The lowest BCUT2D eigenvalue weighted by molar-refractivity contribution is -0.141. The Balaban J connectivity index is 1.48. The first kappa shape index (κ1) is 23.3. The molecule has 13 heteroatoms. The molecule has 190 valence electrons. The molecule has 0 unspecified atom stereocenters. The van der Waals surface area contributed by atoms with Crippen LogP contribution in [0, 0.1) is 0 Å². The molecule has 2 aliphatic rings. The van der Waals surface area contributed by atoms with E-state index in [2.05, 4.69) is 15.4 Å². The van der Waals surface area contributed by atoms with Gasteiger partial charge in [0.2, 0.25) is 0 Å². The number of aromatic nitrogens is 3. The van der Waals surface area contributed by atoms with Crippen molar-refractivity contribution < 1.29 is 36.1 Å². The van der Waals surface area contributed by atoms with Crippen LogP contribution in [0.3, 0.4) is 0 Å². The molecule has 0 aliphatic carbocycles. The zero-order valence-corrected chi connectivity index (χ0v) is 18.5. The Morgan fingerprint density at radius 1 is 0.892 bits per heavy atom. The minimum absolute atomic E-state index is 0.0837.